The highest BCUT2D eigenvalue weighted by Crippen LogP contribution is 2.20. The lowest BCUT2D eigenvalue weighted by Crippen LogP contribution is -2.52. The lowest BCUT2D eigenvalue weighted by atomic mass is 10.2. The van der Waals surface area contributed by atoms with Crippen molar-refractivity contribution in [3.05, 3.63) is 42.7 Å². The Balaban J connectivity index is 1.95. The molecule has 108 valence electrons. The molecule has 1 N–H and O–H groups in total. The second-order valence-electron chi connectivity index (χ2n) is 4.64. The summed E-state index contributed by atoms with van der Waals surface area (Å²) in [5.41, 5.74) is 0.682. The van der Waals surface area contributed by atoms with E-state index in [-0.39, 0.29) is 5.82 Å². The van der Waals surface area contributed by atoms with Crippen LogP contribution in [0.3, 0.4) is 0 Å². The molecule has 1 aromatic rings. The number of hydrogen-bond donors (Lipinski definition) is 1. The number of anilines is 1. The number of piperazine rings is 1. The topological polar surface area (TPSA) is 30.9 Å². The molecule has 0 aliphatic carbocycles. The second kappa shape index (κ2) is 6.93. The molecule has 0 amide bonds. The second-order valence-corrected chi connectivity index (χ2v) is 4.64. The van der Waals surface area contributed by atoms with Crippen molar-refractivity contribution in [1.82, 2.24) is 10.2 Å². The van der Waals surface area contributed by atoms with Crippen molar-refractivity contribution in [2.75, 3.05) is 44.7 Å². The zero-order valence-electron chi connectivity index (χ0n) is 11.8. The number of nitrogens with zero attached hydrogens (tertiary/aromatic N) is 3. The van der Waals surface area contributed by atoms with Crippen LogP contribution in [0.15, 0.2) is 41.9 Å². The van der Waals surface area contributed by atoms with Gasteiger partial charge in [0.05, 0.1) is 5.69 Å². The van der Waals surface area contributed by atoms with E-state index in [4.69, 9.17) is 0 Å². The van der Waals surface area contributed by atoms with Gasteiger partial charge in [0.2, 0.25) is 0 Å². The summed E-state index contributed by atoms with van der Waals surface area (Å²) in [5, 5.41) is 3.22. The van der Waals surface area contributed by atoms with Gasteiger partial charge in [-0.25, -0.2) is 4.39 Å². The number of benzene rings is 1. The van der Waals surface area contributed by atoms with Gasteiger partial charge in [-0.05, 0) is 12.1 Å². The van der Waals surface area contributed by atoms with Crippen LogP contribution in [0.25, 0.3) is 0 Å². The highest BCUT2D eigenvalue weighted by atomic mass is 19.1. The molecule has 1 heterocycles. The Morgan fingerprint density at radius 2 is 2.05 bits per heavy atom. The van der Waals surface area contributed by atoms with E-state index in [1.807, 2.05) is 12.1 Å². The Morgan fingerprint density at radius 3 is 2.65 bits per heavy atom. The maximum absolute atomic E-state index is 13.8. The summed E-state index contributed by atoms with van der Waals surface area (Å²) >= 11 is 0. The van der Waals surface area contributed by atoms with E-state index in [1.165, 1.54) is 6.07 Å². The molecule has 1 aliphatic rings. The Morgan fingerprint density at radius 1 is 1.35 bits per heavy atom. The van der Waals surface area contributed by atoms with Gasteiger partial charge in [-0.15, -0.1) is 6.58 Å². The third kappa shape index (κ3) is 3.29. The molecule has 0 aromatic heterocycles. The van der Waals surface area contributed by atoms with Crippen LogP contribution in [-0.4, -0.2) is 50.6 Å². The van der Waals surface area contributed by atoms with Gasteiger partial charge in [0.25, 0.3) is 0 Å². The van der Waals surface area contributed by atoms with E-state index in [0.29, 0.717) is 12.2 Å². The third-order valence-corrected chi connectivity index (χ3v) is 3.39. The average Bonchev–Trinajstić information content (AvgIpc) is 2.49. The van der Waals surface area contributed by atoms with Gasteiger partial charge in [0.15, 0.2) is 5.96 Å². The van der Waals surface area contributed by atoms with E-state index in [1.54, 1.807) is 19.2 Å². The minimum atomic E-state index is -0.157. The van der Waals surface area contributed by atoms with E-state index < -0.39 is 0 Å². The van der Waals surface area contributed by atoms with E-state index in [9.17, 15) is 4.39 Å². The third-order valence-electron chi connectivity index (χ3n) is 3.39. The van der Waals surface area contributed by atoms with Crippen LogP contribution < -0.4 is 10.2 Å². The smallest absolute Gasteiger partial charge is 0.194 e. The van der Waals surface area contributed by atoms with Crippen molar-refractivity contribution in [2.45, 2.75) is 0 Å². The highest BCUT2D eigenvalue weighted by molar-refractivity contribution is 5.80. The molecule has 1 aliphatic heterocycles. The molecule has 0 unspecified atom stereocenters. The van der Waals surface area contributed by atoms with Gasteiger partial charge >= 0.3 is 0 Å². The van der Waals surface area contributed by atoms with Crippen molar-refractivity contribution in [3.8, 4) is 0 Å². The van der Waals surface area contributed by atoms with Gasteiger partial charge in [-0.2, -0.15) is 0 Å². The number of hydrogen-bond acceptors (Lipinski definition) is 2. The van der Waals surface area contributed by atoms with Crippen LogP contribution in [0.5, 0.6) is 0 Å². The minimum absolute atomic E-state index is 0.157. The molecule has 0 radical (unpaired) electrons. The van der Waals surface area contributed by atoms with Crippen molar-refractivity contribution >= 4 is 11.6 Å². The van der Waals surface area contributed by atoms with Gasteiger partial charge in [0, 0.05) is 39.8 Å². The zero-order valence-corrected chi connectivity index (χ0v) is 11.8. The number of guanidine groups is 1. The fraction of sp³-hybridized carbons (Fsp3) is 0.400. The van der Waals surface area contributed by atoms with Crippen molar-refractivity contribution < 1.29 is 4.39 Å². The highest BCUT2D eigenvalue weighted by Gasteiger charge is 2.20. The molecule has 1 saturated heterocycles. The Kier molecular flexibility index (Phi) is 4.98. The van der Waals surface area contributed by atoms with Crippen molar-refractivity contribution in [2.24, 2.45) is 4.99 Å². The van der Waals surface area contributed by atoms with Crippen LogP contribution in [0.1, 0.15) is 0 Å². The van der Waals surface area contributed by atoms with Gasteiger partial charge < -0.3 is 15.1 Å². The largest absolute Gasteiger partial charge is 0.366 e. The normalized spacial score (nSPS) is 16.2. The number of para-hydroxylation sites is 1. The molecule has 0 saturated carbocycles. The summed E-state index contributed by atoms with van der Waals surface area (Å²) in [6.45, 7) is 7.61. The number of halogens is 1. The molecular formula is C15H21FN4. The predicted octanol–water partition coefficient (Wildman–Crippen LogP) is 1.71. The maximum Gasteiger partial charge on any atom is 0.194 e. The molecule has 0 bridgehead atoms. The number of aliphatic imine (C=N–C) groups is 1. The fourth-order valence-corrected chi connectivity index (χ4v) is 2.36. The number of nitrogens with one attached hydrogen (secondary N) is 1. The standard InChI is InChI=1S/C15H21FN4/c1-3-8-18-15(17-2)20-11-9-19(10-12-20)14-7-5-4-6-13(14)16/h3-7H,1,8-12H2,2H3,(H,17,18). The van der Waals surface area contributed by atoms with Crippen molar-refractivity contribution in [3.63, 3.8) is 0 Å². The Labute approximate surface area is 119 Å². The summed E-state index contributed by atoms with van der Waals surface area (Å²) < 4.78 is 13.8. The zero-order chi connectivity index (χ0) is 14.4. The first-order chi connectivity index (χ1) is 9.76. The molecule has 20 heavy (non-hydrogen) atoms. The first kappa shape index (κ1) is 14.4. The van der Waals surface area contributed by atoms with Gasteiger partial charge in [-0.1, -0.05) is 18.2 Å². The van der Waals surface area contributed by atoms with E-state index >= 15 is 0 Å². The molecule has 1 fully saturated rings. The molecule has 5 heteroatoms. The first-order valence-corrected chi connectivity index (χ1v) is 6.82. The quantitative estimate of drug-likeness (QED) is 0.518. The van der Waals surface area contributed by atoms with Crippen LogP contribution >= 0.6 is 0 Å². The van der Waals surface area contributed by atoms with Crippen LogP contribution in [0.2, 0.25) is 0 Å². The Bertz CT molecular complexity index is 479. The summed E-state index contributed by atoms with van der Waals surface area (Å²) in [7, 11) is 1.77. The predicted molar refractivity (Wildman–Crippen MR) is 81.7 cm³/mol. The lowest BCUT2D eigenvalue weighted by molar-refractivity contribution is 0.372. The van der Waals surface area contributed by atoms with Gasteiger partial charge in [0.1, 0.15) is 5.82 Å². The minimum Gasteiger partial charge on any atom is -0.366 e. The summed E-state index contributed by atoms with van der Waals surface area (Å²) in [6.07, 6.45) is 1.81. The molecule has 0 atom stereocenters. The van der Waals surface area contributed by atoms with Crippen LogP contribution in [0.4, 0.5) is 10.1 Å². The number of rotatable bonds is 3. The van der Waals surface area contributed by atoms with Crippen LogP contribution in [0, 0.1) is 5.82 Å². The molecule has 2 rings (SSSR count). The molecule has 0 spiro atoms. The fourth-order valence-electron chi connectivity index (χ4n) is 2.36. The average molecular weight is 276 g/mol. The SMILES string of the molecule is C=CCNC(=NC)N1CCN(c2ccccc2F)CC1. The van der Waals surface area contributed by atoms with E-state index in [0.717, 1.165) is 32.1 Å². The molecular weight excluding hydrogens is 255 g/mol. The van der Waals surface area contributed by atoms with Crippen LogP contribution in [-0.2, 0) is 0 Å². The monoisotopic (exact) mass is 276 g/mol. The van der Waals surface area contributed by atoms with E-state index in [2.05, 4.69) is 26.7 Å². The summed E-state index contributed by atoms with van der Waals surface area (Å²) in [6, 6.07) is 6.92. The van der Waals surface area contributed by atoms with Gasteiger partial charge in [-0.3, -0.25) is 4.99 Å². The molecule has 1 aromatic carbocycles. The molecule has 4 nitrogen and oxygen atoms in total. The maximum atomic E-state index is 13.8. The summed E-state index contributed by atoms with van der Waals surface area (Å²) in [4.78, 5) is 8.51. The van der Waals surface area contributed by atoms with Crippen molar-refractivity contribution in [1.29, 1.82) is 0 Å². The summed E-state index contributed by atoms with van der Waals surface area (Å²) in [5.74, 6) is 0.716. The Hall–Kier alpha value is -2.04. The lowest BCUT2D eigenvalue weighted by Gasteiger charge is -2.37. The first-order valence-electron chi connectivity index (χ1n) is 6.82.